The number of carbonyl (C=O) groups is 1. The highest BCUT2D eigenvalue weighted by Crippen LogP contribution is 2.35. The molecule has 0 unspecified atom stereocenters. The fraction of sp³-hybridized carbons (Fsp3) is 0.464. The van der Waals surface area contributed by atoms with Gasteiger partial charge in [-0.25, -0.2) is 0 Å². The summed E-state index contributed by atoms with van der Waals surface area (Å²) >= 11 is 1.16. The number of carbonyl (C=O) groups excluding carboxylic acids is 1. The lowest BCUT2D eigenvalue weighted by Gasteiger charge is -2.36. The van der Waals surface area contributed by atoms with Crippen molar-refractivity contribution in [1.82, 2.24) is 24.9 Å². The Kier molecular flexibility index (Phi) is 7.88. The summed E-state index contributed by atoms with van der Waals surface area (Å²) in [6, 6.07) is 10.4. The Morgan fingerprint density at radius 1 is 1.24 bits per heavy atom. The van der Waals surface area contributed by atoms with Crippen LogP contribution in [-0.4, -0.2) is 63.0 Å². The Labute approximate surface area is 239 Å². The molecule has 4 aromatic rings. The van der Waals surface area contributed by atoms with Gasteiger partial charge in [0.15, 0.2) is 0 Å². The molecular formula is C28H33F3N6O3S. The van der Waals surface area contributed by atoms with Crippen LogP contribution in [0.4, 0.5) is 18.9 Å². The maximum Gasteiger partial charge on any atom is 0.406 e. The van der Waals surface area contributed by atoms with E-state index < -0.39 is 24.2 Å². The summed E-state index contributed by atoms with van der Waals surface area (Å²) in [6.45, 7) is 5.97. The zero-order chi connectivity index (χ0) is 29.5. The number of amides is 1. The van der Waals surface area contributed by atoms with Gasteiger partial charge in [-0.1, -0.05) is 18.1 Å². The number of piperidine rings is 1. The maximum atomic E-state index is 13.7. The van der Waals surface area contributed by atoms with Gasteiger partial charge in [-0.3, -0.25) is 4.79 Å². The van der Waals surface area contributed by atoms with Crippen LogP contribution in [0.2, 0.25) is 0 Å². The Morgan fingerprint density at radius 3 is 2.71 bits per heavy atom. The van der Waals surface area contributed by atoms with Crippen molar-refractivity contribution in [1.29, 1.82) is 0 Å². The molecule has 1 aliphatic heterocycles. The first-order valence-electron chi connectivity index (χ1n) is 13.4. The van der Waals surface area contributed by atoms with Crippen LogP contribution in [0, 0.1) is 5.92 Å². The number of anilines is 1. The maximum absolute atomic E-state index is 13.7. The fourth-order valence-electron chi connectivity index (χ4n) is 5.18. The molecule has 1 amide bonds. The minimum Gasteiger partial charge on any atom is -0.385 e. The van der Waals surface area contributed by atoms with E-state index in [1.165, 1.54) is 0 Å². The number of thiophene rings is 1. The first-order chi connectivity index (χ1) is 19.3. The van der Waals surface area contributed by atoms with Crippen LogP contribution >= 0.6 is 11.3 Å². The molecule has 1 aliphatic rings. The normalized spacial score (nSPS) is 18.6. The standard InChI is InChI=1S/C28H33F3N6O3S/c1-16-14-36(4)11-10-18(16)33-19-6-5-7-20-17(19)12-21(37(20)15-28(29,30)31)25-34-24(40-35-25)13-32-26(38)22-8-9-23(41-22)27(2,3)39/h5-9,12,16,18,33,39H,10-11,13-15H2,1-4H3,(H,32,38)/t16-,18+/m0/s1. The van der Waals surface area contributed by atoms with E-state index in [0.717, 1.165) is 41.1 Å². The van der Waals surface area contributed by atoms with Crippen molar-refractivity contribution in [2.75, 3.05) is 25.5 Å². The Bertz CT molecular complexity index is 1540. The van der Waals surface area contributed by atoms with Gasteiger partial charge in [0.25, 0.3) is 5.91 Å². The minimum atomic E-state index is -4.48. The largest absolute Gasteiger partial charge is 0.406 e. The summed E-state index contributed by atoms with van der Waals surface area (Å²) in [5.41, 5.74) is 0.254. The second-order valence-electron chi connectivity index (χ2n) is 11.2. The monoisotopic (exact) mass is 590 g/mol. The van der Waals surface area contributed by atoms with Gasteiger partial charge < -0.3 is 29.7 Å². The third kappa shape index (κ3) is 6.57. The van der Waals surface area contributed by atoms with Crippen molar-refractivity contribution in [2.45, 2.75) is 58.1 Å². The predicted octanol–water partition coefficient (Wildman–Crippen LogP) is 5.22. The summed E-state index contributed by atoms with van der Waals surface area (Å²) in [7, 11) is 2.08. The summed E-state index contributed by atoms with van der Waals surface area (Å²) in [6.07, 6.45) is -3.55. The molecule has 0 saturated carbocycles. The smallest absolute Gasteiger partial charge is 0.385 e. The Balaban J connectivity index is 1.40. The average Bonchev–Trinajstić information content (AvgIpc) is 3.63. The van der Waals surface area contributed by atoms with E-state index in [-0.39, 0.29) is 30.0 Å². The quantitative estimate of drug-likeness (QED) is 0.258. The van der Waals surface area contributed by atoms with E-state index in [9.17, 15) is 23.1 Å². The number of hydrogen-bond acceptors (Lipinski definition) is 8. The first kappa shape index (κ1) is 29.1. The molecule has 1 saturated heterocycles. The molecule has 0 aliphatic carbocycles. The lowest BCUT2D eigenvalue weighted by Crippen LogP contribution is -2.43. The Hall–Kier alpha value is -3.42. The third-order valence-electron chi connectivity index (χ3n) is 7.26. The molecule has 1 fully saturated rings. The second-order valence-corrected chi connectivity index (χ2v) is 12.2. The minimum absolute atomic E-state index is 0.00579. The van der Waals surface area contributed by atoms with Gasteiger partial charge in [-0.05, 0) is 70.1 Å². The SMILES string of the molecule is C[C@H]1CN(C)CC[C@H]1Nc1cccc2c1cc(-c1noc(CNC(=O)c3ccc(C(C)(C)O)s3)n1)n2CC(F)(F)F. The molecule has 2 atom stereocenters. The van der Waals surface area contributed by atoms with E-state index in [2.05, 4.69) is 39.6 Å². The summed E-state index contributed by atoms with van der Waals surface area (Å²) in [5, 5.41) is 21.0. The molecular weight excluding hydrogens is 557 g/mol. The molecule has 13 heteroatoms. The predicted molar refractivity (Wildman–Crippen MR) is 151 cm³/mol. The molecule has 0 bridgehead atoms. The molecule has 3 aromatic heterocycles. The van der Waals surface area contributed by atoms with Crippen LogP contribution < -0.4 is 10.6 Å². The number of halogens is 3. The molecule has 5 rings (SSSR count). The average molecular weight is 591 g/mol. The number of hydrogen-bond donors (Lipinski definition) is 3. The number of aromatic nitrogens is 3. The van der Waals surface area contributed by atoms with Gasteiger partial charge in [-0.15, -0.1) is 11.3 Å². The zero-order valence-corrected chi connectivity index (χ0v) is 24.1. The number of rotatable bonds is 8. The summed E-state index contributed by atoms with van der Waals surface area (Å²) in [4.78, 5) is 20.2. The third-order valence-corrected chi connectivity index (χ3v) is 8.66. The van der Waals surface area contributed by atoms with Crippen molar-refractivity contribution in [3.63, 3.8) is 0 Å². The van der Waals surface area contributed by atoms with Crippen LogP contribution in [0.5, 0.6) is 0 Å². The number of alkyl halides is 3. The van der Waals surface area contributed by atoms with Gasteiger partial charge >= 0.3 is 6.18 Å². The topological polar surface area (TPSA) is 108 Å². The van der Waals surface area contributed by atoms with Gasteiger partial charge in [0.2, 0.25) is 11.7 Å². The summed E-state index contributed by atoms with van der Waals surface area (Å²) in [5.74, 6) is 0.0190. The van der Waals surface area contributed by atoms with Crippen LogP contribution in [0.1, 0.15) is 47.6 Å². The van der Waals surface area contributed by atoms with Crippen molar-refractivity contribution in [3.8, 4) is 11.5 Å². The number of likely N-dealkylation sites (tertiary alicyclic amines) is 1. The molecule has 220 valence electrons. The van der Waals surface area contributed by atoms with Crippen LogP contribution in [0.3, 0.4) is 0 Å². The summed E-state index contributed by atoms with van der Waals surface area (Å²) < 4.78 is 47.5. The highest BCUT2D eigenvalue weighted by atomic mass is 32.1. The highest BCUT2D eigenvalue weighted by Gasteiger charge is 2.32. The number of fused-ring (bicyclic) bond motifs is 1. The fourth-order valence-corrected chi connectivity index (χ4v) is 6.10. The Morgan fingerprint density at radius 2 is 2.02 bits per heavy atom. The first-order valence-corrected chi connectivity index (χ1v) is 14.2. The highest BCUT2D eigenvalue weighted by molar-refractivity contribution is 7.14. The zero-order valence-electron chi connectivity index (χ0n) is 23.2. The number of nitrogens with one attached hydrogen (secondary N) is 2. The van der Waals surface area contributed by atoms with Gasteiger partial charge in [0.1, 0.15) is 6.54 Å². The van der Waals surface area contributed by atoms with Gasteiger partial charge in [-0.2, -0.15) is 18.2 Å². The van der Waals surface area contributed by atoms with E-state index in [1.807, 2.05) is 6.07 Å². The van der Waals surface area contributed by atoms with E-state index in [1.54, 1.807) is 44.2 Å². The van der Waals surface area contributed by atoms with E-state index in [0.29, 0.717) is 26.6 Å². The molecule has 0 radical (unpaired) electrons. The number of benzene rings is 1. The number of aliphatic hydroxyl groups is 1. The number of nitrogens with zero attached hydrogens (tertiary/aromatic N) is 4. The lowest BCUT2D eigenvalue weighted by atomic mass is 9.94. The van der Waals surface area contributed by atoms with Crippen LogP contribution in [-0.2, 0) is 18.7 Å². The van der Waals surface area contributed by atoms with Crippen molar-refractivity contribution < 1.29 is 27.6 Å². The molecule has 1 aromatic carbocycles. The van der Waals surface area contributed by atoms with Crippen molar-refractivity contribution in [2.24, 2.45) is 5.92 Å². The van der Waals surface area contributed by atoms with E-state index >= 15 is 0 Å². The molecule has 41 heavy (non-hydrogen) atoms. The molecule has 3 N–H and O–H groups in total. The van der Waals surface area contributed by atoms with Crippen molar-refractivity contribution in [3.05, 3.63) is 52.0 Å². The molecule has 4 heterocycles. The van der Waals surface area contributed by atoms with Crippen LogP contribution in [0.25, 0.3) is 22.4 Å². The molecule has 9 nitrogen and oxygen atoms in total. The van der Waals surface area contributed by atoms with Crippen LogP contribution in [0.15, 0.2) is 40.9 Å². The van der Waals surface area contributed by atoms with E-state index in [4.69, 9.17) is 4.52 Å². The van der Waals surface area contributed by atoms with Crippen molar-refractivity contribution >= 4 is 33.8 Å². The van der Waals surface area contributed by atoms with Gasteiger partial charge in [0, 0.05) is 28.5 Å². The molecule has 0 spiro atoms. The van der Waals surface area contributed by atoms with Gasteiger partial charge in [0.05, 0.1) is 28.2 Å². The second kappa shape index (κ2) is 11.1. The lowest BCUT2D eigenvalue weighted by molar-refractivity contribution is -0.139.